The summed E-state index contributed by atoms with van der Waals surface area (Å²) >= 11 is 1.65. The van der Waals surface area contributed by atoms with E-state index in [4.69, 9.17) is 15.2 Å². The van der Waals surface area contributed by atoms with Crippen molar-refractivity contribution in [2.75, 3.05) is 7.11 Å². The monoisotopic (exact) mass is 463 g/mol. The molecule has 1 heterocycles. The number of rotatable bonds is 8. The molecular formula is C25H25N3O4S. The van der Waals surface area contributed by atoms with E-state index in [1.54, 1.807) is 55.0 Å². The summed E-state index contributed by atoms with van der Waals surface area (Å²) in [6, 6.07) is 12.3. The number of nitrogens with zero attached hydrogens (tertiary/aromatic N) is 1. The minimum absolute atomic E-state index is 0.169. The maximum Gasteiger partial charge on any atom is 0.272 e. The maximum atomic E-state index is 12.6. The van der Waals surface area contributed by atoms with Crippen LogP contribution < -0.4 is 20.6 Å². The summed E-state index contributed by atoms with van der Waals surface area (Å²) in [5.41, 5.74) is 11.8. The van der Waals surface area contributed by atoms with Gasteiger partial charge in [0.1, 0.15) is 18.1 Å². The van der Waals surface area contributed by atoms with Gasteiger partial charge in [-0.25, -0.2) is 5.43 Å². The minimum Gasteiger partial charge on any atom is -0.496 e. The maximum absolute atomic E-state index is 12.6. The largest absolute Gasteiger partial charge is 0.496 e. The average Bonchev–Trinajstić information content (AvgIpc) is 3.27. The van der Waals surface area contributed by atoms with Crippen molar-refractivity contribution in [3.8, 4) is 11.5 Å². The van der Waals surface area contributed by atoms with E-state index in [0.29, 0.717) is 17.1 Å². The van der Waals surface area contributed by atoms with Gasteiger partial charge in [0, 0.05) is 15.8 Å². The number of thiophene rings is 1. The highest BCUT2D eigenvalue weighted by atomic mass is 32.1. The number of hydrogen-bond acceptors (Lipinski definition) is 6. The molecule has 4 rings (SSSR count). The van der Waals surface area contributed by atoms with Gasteiger partial charge < -0.3 is 15.2 Å². The number of hydrazone groups is 1. The zero-order chi connectivity index (χ0) is 23.2. The van der Waals surface area contributed by atoms with Crippen LogP contribution in [0.4, 0.5) is 0 Å². The lowest BCUT2D eigenvalue weighted by molar-refractivity contribution is 0.0953. The Labute approximate surface area is 196 Å². The van der Waals surface area contributed by atoms with Crippen LogP contribution in [0.15, 0.2) is 52.9 Å². The molecule has 0 saturated heterocycles. The summed E-state index contributed by atoms with van der Waals surface area (Å²) in [5.74, 6) is 0.294. The van der Waals surface area contributed by atoms with Crippen LogP contribution >= 0.6 is 11.3 Å². The van der Waals surface area contributed by atoms with Gasteiger partial charge in [0.05, 0.1) is 24.5 Å². The summed E-state index contributed by atoms with van der Waals surface area (Å²) in [4.78, 5) is 25.5. The molecule has 0 bridgehead atoms. The predicted molar refractivity (Wildman–Crippen MR) is 128 cm³/mol. The second-order valence-electron chi connectivity index (χ2n) is 7.68. The van der Waals surface area contributed by atoms with Crippen molar-refractivity contribution in [3.63, 3.8) is 0 Å². The second-order valence-corrected chi connectivity index (χ2v) is 8.64. The number of primary amides is 1. The highest BCUT2D eigenvalue weighted by Gasteiger charge is 2.19. The van der Waals surface area contributed by atoms with E-state index in [1.165, 1.54) is 16.9 Å². The number of para-hydroxylation sites is 1. The number of carbonyl (C=O) groups is 2. The van der Waals surface area contributed by atoms with E-state index in [0.717, 1.165) is 36.0 Å². The fraction of sp³-hybridized carbons (Fsp3) is 0.240. The molecule has 0 saturated carbocycles. The van der Waals surface area contributed by atoms with E-state index in [1.807, 2.05) is 17.5 Å². The fourth-order valence-electron chi connectivity index (χ4n) is 3.85. The number of carbonyl (C=O) groups excluding carboxylic acids is 2. The quantitative estimate of drug-likeness (QED) is 0.388. The van der Waals surface area contributed by atoms with Gasteiger partial charge in [-0.15, -0.1) is 11.3 Å². The molecule has 0 atom stereocenters. The van der Waals surface area contributed by atoms with Crippen LogP contribution in [0, 0.1) is 0 Å². The molecule has 33 heavy (non-hydrogen) atoms. The van der Waals surface area contributed by atoms with Crippen LogP contribution in [0.3, 0.4) is 0 Å². The normalized spacial score (nSPS) is 12.9. The standard InChI is InChI=1S/C25H25N3O4S/c1-31-21-11-10-16(12-17(21)14-32-22-8-4-2-7-19(22)24(26)29)13-27-28-25(30)20-15-33-23-9-5-3-6-18(20)23/h2,4,7-8,10-13,15H,3,5-6,9,14H2,1H3,(H2,26,29)(H,28,30)/b27-13+. The van der Waals surface area contributed by atoms with Gasteiger partial charge in [-0.05, 0) is 67.1 Å². The van der Waals surface area contributed by atoms with Crippen molar-refractivity contribution in [2.45, 2.75) is 32.3 Å². The van der Waals surface area contributed by atoms with Crippen LogP contribution in [0.5, 0.6) is 11.5 Å². The van der Waals surface area contributed by atoms with Gasteiger partial charge in [0.25, 0.3) is 11.8 Å². The lowest BCUT2D eigenvalue weighted by atomic mass is 9.96. The molecule has 170 valence electrons. The van der Waals surface area contributed by atoms with Crippen molar-refractivity contribution >= 4 is 29.4 Å². The Bertz CT molecular complexity index is 1200. The van der Waals surface area contributed by atoms with Gasteiger partial charge in [-0.1, -0.05) is 12.1 Å². The first-order chi connectivity index (χ1) is 16.1. The highest BCUT2D eigenvalue weighted by Crippen LogP contribution is 2.30. The third-order valence-corrected chi connectivity index (χ3v) is 6.61. The first-order valence-electron chi connectivity index (χ1n) is 10.7. The second kappa shape index (κ2) is 10.3. The van der Waals surface area contributed by atoms with Crippen LogP contribution in [-0.4, -0.2) is 25.1 Å². The molecule has 8 heteroatoms. The predicted octanol–water partition coefficient (Wildman–Crippen LogP) is 4.08. The van der Waals surface area contributed by atoms with Gasteiger partial charge in [-0.2, -0.15) is 5.10 Å². The number of hydrogen-bond donors (Lipinski definition) is 2. The third-order valence-electron chi connectivity index (χ3n) is 5.53. The molecule has 0 radical (unpaired) electrons. The number of fused-ring (bicyclic) bond motifs is 1. The first-order valence-corrected chi connectivity index (χ1v) is 11.6. The first kappa shape index (κ1) is 22.5. The molecule has 3 N–H and O–H groups in total. The summed E-state index contributed by atoms with van der Waals surface area (Å²) in [6.45, 7) is 0.169. The zero-order valence-corrected chi connectivity index (χ0v) is 19.1. The molecule has 7 nitrogen and oxygen atoms in total. The summed E-state index contributed by atoms with van der Waals surface area (Å²) in [6.07, 6.45) is 5.89. The number of nitrogens with two attached hydrogens (primary N) is 1. The van der Waals surface area contributed by atoms with Crippen LogP contribution in [0.1, 0.15) is 55.1 Å². The lowest BCUT2D eigenvalue weighted by Gasteiger charge is -2.13. The zero-order valence-electron chi connectivity index (χ0n) is 18.3. The SMILES string of the molecule is COc1ccc(/C=N/NC(=O)c2csc3c2CCCC3)cc1COc1ccccc1C(N)=O. The Kier molecular flexibility index (Phi) is 7.04. The van der Waals surface area contributed by atoms with Crippen LogP contribution in [0.25, 0.3) is 0 Å². The molecule has 1 aliphatic carbocycles. The smallest absolute Gasteiger partial charge is 0.272 e. The van der Waals surface area contributed by atoms with Gasteiger partial charge in [0.15, 0.2) is 0 Å². The number of nitrogens with one attached hydrogen (secondary N) is 1. The van der Waals surface area contributed by atoms with Gasteiger partial charge in [-0.3, -0.25) is 9.59 Å². The molecule has 0 unspecified atom stereocenters. The van der Waals surface area contributed by atoms with Gasteiger partial charge in [0.2, 0.25) is 0 Å². The van der Waals surface area contributed by atoms with Crippen molar-refractivity contribution < 1.29 is 19.1 Å². The van der Waals surface area contributed by atoms with Crippen molar-refractivity contribution in [1.82, 2.24) is 5.43 Å². The summed E-state index contributed by atoms with van der Waals surface area (Å²) in [5, 5.41) is 6.06. The third kappa shape index (κ3) is 5.23. The van der Waals surface area contributed by atoms with Crippen molar-refractivity contribution in [3.05, 3.63) is 80.5 Å². The molecule has 2 aromatic carbocycles. The van der Waals surface area contributed by atoms with E-state index in [2.05, 4.69) is 10.5 Å². The van der Waals surface area contributed by atoms with E-state index in [-0.39, 0.29) is 12.5 Å². The molecule has 2 amide bonds. The van der Waals surface area contributed by atoms with Crippen molar-refractivity contribution in [2.24, 2.45) is 10.8 Å². The Morgan fingerprint density at radius 1 is 1.12 bits per heavy atom. The Morgan fingerprint density at radius 2 is 1.94 bits per heavy atom. The number of methoxy groups -OCH3 is 1. The minimum atomic E-state index is -0.555. The molecule has 0 spiro atoms. The Hall–Kier alpha value is -3.65. The topological polar surface area (TPSA) is 103 Å². The number of amides is 2. The molecule has 1 aromatic heterocycles. The van der Waals surface area contributed by atoms with E-state index in [9.17, 15) is 9.59 Å². The summed E-state index contributed by atoms with van der Waals surface area (Å²) in [7, 11) is 1.58. The van der Waals surface area contributed by atoms with E-state index >= 15 is 0 Å². The fourth-order valence-corrected chi connectivity index (χ4v) is 4.98. The highest BCUT2D eigenvalue weighted by molar-refractivity contribution is 7.10. The van der Waals surface area contributed by atoms with E-state index < -0.39 is 5.91 Å². The summed E-state index contributed by atoms with van der Waals surface area (Å²) < 4.78 is 11.3. The molecule has 1 aliphatic rings. The van der Waals surface area contributed by atoms with Gasteiger partial charge >= 0.3 is 0 Å². The number of benzene rings is 2. The molecule has 3 aromatic rings. The molecule has 0 fully saturated rings. The Morgan fingerprint density at radius 3 is 2.76 bits per heavy atom. The lowest BCUT2D eigenvalue weighted by Crippen LogP contribution is -2.19. The average molecular weight is 464 g/mol. The molecule has 0 aliphatic heterocycles. The van der Waals surface area contributed by atoms with Crippen LogP contribution in [0.2, 0.25) is 0 Å². The molecular weight excluding hydrogens is 438 g/mol. The van der Waals surface area contributed by atoms with Crippen molar-refractivity contribution in [1.29, 1.82) is 0 Å². The number of aryl methyl sites for hydroxylation is 1. The Balaban J connectivity index is 1.44. The number of ether oxygens (including phenoxy) is 2. The van der Waals surface area contributed by atoms with Crippen LogP contribution in [-0.2, 0) is 19.4 Å².